The van der Waals surface area contributed by atoms with E-state index in [1.165, 1.54) is 10.8 Å². The third-order valence-electron chi connectivity index (χ3n) is 1.67. The molecule has 0 bridgehead atoms. The van der Waals surface area contributed by atoms with Gasteiger partial charge in [-0.2, -0.15) is 0 Å². The molecule has 0 aromatic carbocycles. The molecular formula is C9H12N2O2. The van der Waals surface area contributed by atoms with Gasteiger partial charge in [-0.1, -0.05) is 19.1 Å². The molecule has 0 unspecified atom stereocenters. The van der Waals surface area contributed by atoms with Crippen molar-refractivity contribution < 1.29 is 0 Å². The molecule has 0 fully saturated rings. The minimum atomic E-state index is -0.390. The Morgan fingerprint density at radius 2 is 2.23 bits per heavy atom. The molecule has 70 valence electrons. The summed E-state index contributed by atoms with van der Waals surface area (Å²) in [6.07, 6.45) is 5.96. The molecule has 0 aliphatic carbocycles. The van der Waals surface area contributed by atoms with E-state index in [0.717, 1.165) is 6.42 Å². The number of allylic oxidation sites excluding steroid dienone is 1. The number of rotatable bonds is 2. The molecule has 4 heteroatoms. The van der Waals surface area contributed by atoms with Gasteiger partial charge in [-0.15, -0.1) is 0 Å². The van der Waals surface area contributed by atoms with Gasteiger partial charge in [-0.25, -0.2) is 4.79 Å². The summed E-state index contributed by atoms with van der Waals surface area (Å²) in [5.41, 5.74) is -0.226. The van der Waals surface area contributed by atoms with Crippen molar-refractivity contribution in [2.45, 2.75) is 13.3 Å². The molecule has 1 aromatic heterocycles. The van der Waals surface area contributed by atoms with E-state index in [4.69, 9.17) is 0 Å². The Labute approximate surface area is 75.5 Å². The average Bonchev–Trinajstić information content (AvgIpc) is 2.09. The number of aromatic amines is 1. The van der Waals surface area contributed by atoms with E-state index in [1.54, 1.807) is 13.1 Å². The van der Waals surface area contributed by atoms with Gasteiger partial charge in [0, 0.05) is 13.2 Å². The second-order valence-electron chi connectivity index (χ2n) is 2.77. The average molecular weight is 180 g/mol. The van der Waals surface area contributed by atoms with E-state index in [-0.39, 0.29) is 5.56 Å². The lowest BCUT2D eigenvalue weighted by Crippen LogP contribution is -2.28. The second-order valence-corrected chi connectivity index (χ2v) is 2.77. The number of aryl methyl sites for hydroxylation is 1. The molecule has 0 spiro atoms. The molecule has 4 nitrogen and oxygen atoms in total. The maximum Gasteiger partial charge on any atom is 0.328 e. The normalized spacial score (nSPS) is 10.9. The molecule has 0 radical (unpaired) electrons. The fourth-order valence-electron chi connectivity index (χ4n) is 0.947. The van der Waals surface area contributed by atoms with Crippen LogP contribution in [0.25, 0.3) is 6.08 Å². The summed E-state index contributed by atoms with van der Waals surface area (Å²) in [5, 5.41) is 0. The van der Waals surface area contributed by atoms with Crippen molar-refractivity contribution in [3.63, 3.8) is 0 Å². The Balaban J connectivity index is 3.24. The van der Waals surface area contributed by atoms with Crippen molar-refractivity contribution in [3.8, 4) is 0 Å². The Kier molecular flexibility index (Phi) is 2.84. The lowest BCUT2D eigenvalue weighted by Gasteiger charge is -1.96. The van der Waals surface area contributed by atoms with Crippen molar-refractivity contribution in [3.05, 3.63) is 38.7 Å². The molecule has 1 aromatic rings. The molecule has 1 rings (SSSR count). The number of nitrogens with one attached hydrogen (secondary N) is 1. The van der Waals surface area contributed by atoms with Crippen molar-refractivity contribution in [2.75, 3.05) is 0 Å². The molecule has 0 amide bonds. The zero-order chi connectivity index (χ0) is 9.84. The summed E-state index contributed by atoms with van der Waals surface area (Å²) in [6, 6.07) is 0. The Hall–Kier alpha value is -1.58. The highest BCUT2D eigenvalue weighted by atomic mass is 16.2. The summed E-state index contributed by atoms with van der Waals surface area (Å²) in [4.78, 5) is 24.3. The Morgan fingerprint density at radius 1 is 1.54 bits per heavy atom. The topological polar surface area (TPSA) is 54.9 Å². The molecule has 1 N–H and O–H groups in total. The first kappa shape index (κ1) is 9.51. The van der Waals surface area contributed by atoms with Crippen molar-refractivity contribution >= 4 is 6.08 Å². The molecule has 1 heterocycles. The van der Waals surface area contributed by atoms with E-state index >= 15 is 0 Å². The number of hydrogen-bond acceptors (Lipinski definition) is 2. The summed E-state index contributed by atoms with van der Waals surface area (Å²) >= 11 is 0. The van der Waals surface area contributed by atoms with Crippen LogP contribution in [0.15, 0.2) is 21.9 Å². The van der Waals surface area contributed by atoms with E-state index in [1.807, 2.05) is 13.0 Å². The van der Waals surface area contributed by atoms with Gasteiger partial charge in [0.05, 0.1) is 5.56 Å². The number of H-pyrrole nitrogens is 1. The first-order valence-electron chi connectivity index (χ1n) is 4.11. The Morgan fingerprint density at radius 3 is 2.85 bits per heavy atom. The standard InChI is InChI=1S/C9H12N2O2/c1-3-4-5-7-6-11(2)9(13)10-8(7)12/h4-6H,3H2,1-2H3,(H,10,12,13)/b5-4+. The maximum atomic E-state index is 11.2. The van der Waals surface area contributed by atoms with Crippen molar-refractivity contribution in [1.82, 2.24) is 9.55 Å². The van der Waals surface area contributed by atoms with Crippen molar-refractivity contribution in [2.24, 2.45) is 7.05 Å². The summed E-state index contributed by atoms with van der Waals surface area (Å²) in [5.74, 6) is 0. The van der Waals surface area contributed by atoms with Crippen LogP contribution in [0.1, 0.15) is 18.9 Å². The molecule has 0 saturated carbocycles. The minimum absolute atomic E-state index is 0.340. The lowest BCUT2D eigenvalue weighted by molar-refractivity contribution is 0.796. The van der Waals surface area contributed by atoms with Gasteiger partial charge in [-0.3, -0.25) is 9.78 Å². The lowest BCUT2D eigenvalue weighted by atomic mass is 10.3. The highest BCUT2D eigenvalue weighted by Crippen LogP contribution is 1.92. The van der Waals surface area contributed by atoms with Crippen LogP contribution in [-0.4, -0.2) is 9.55 Å². The van der Waals surface area contributed by atoms with E-state index < -0.39 is 5.69 Å². The predicted octanol–water partition coefficient (Wildman–Crippen LogP) is 0.497. The maximum absolute atomic E-state index is 11.2. The zero-order valence-electron chi connectivity index (χ0n) is 7.70. The van der Waals surface area contributed by atoms with E-state index in [0.29, 0.717) is 5.56 Å². The van der Waals surface area contributed by atoms with Gasteiger partial charge < -0.3 is 4.57 Å². The first-order chi connectivity index (χ1) is 6.15. The van der Waals surface area contributed by atoms with Gasteiger partial charge in [0.1, 0.15) is 0 Å². The fourth-order valence-corrected chi connectivity index (χ4v) is 0.947. The third-order valence-corrected chi connectivity index (χ3v) is 1.67. The van der Waals surface area contributed by atoms with Crippen LogP contribution in [-0.2, 0) is 7.05 Å². The molecule has 0 atom stereocenters. The van der Waals surface area contributed by atoms with Gasteiger partial charge in [0.25, 0.3) is 5.56 Å². The van der Waals surface area contributed by atoms with Gasteiger partial charge in [-0.05, 0) is 6.42 Å². The molecular weight excluding hydrogens is 168 g/mol. The van der Waals surface area contributed by atoms with Crippen LogP contribution in [0.4, 0.5) is 0 Å². The summed E-state index contributed by atoms with van der Waals surface area (Å²) in [7, 11) is 1.60. The fraction of sp³-hybridized carbons (Fsp3) is 0.333. The smallest absolute Gasteiger partial charge is 0.303 e. The third kappa shape index (κ3) is 2.18. The monoisotopic (exact) mass is 180 g/mol. The highest BCUT2D eigenvalue weighted by molar-refractivity contribution is 5.45. The van der Waals surface area contributed by atoms with E-state index in [2.05, 4.69) is 4.98 Å². The minimum Gasteiger partial charge on any atom is -0.303 e. The summed E-state index contributed by atoms with van der Waals surface area (Å²) in [6.45, 7) is 1.98. The largest absolute Gasteiger partial charge is 0.328 e. The molecule has 0 aliphatic heterocycles. The zero-order valence-corrected chi connectivity index (χ0v) is 7.70. The quantitative estimate of drug-likeness (QED) is 0.720. The SMILES string of the molecule is CC/C=C/c1cn(C)c(=O)[nH]c1=O. The van der Waals surface area contributed by atoms with Crippen LogP contribution in [0, 0.1) is 0 Å². The van der Waals surface area contributed by atoms with Crippen molar-refractivity contribution in [1.29, 1.82) is 0 Å². The van der Waals surface area contributed by atoms with Crippen LogP contribution < -0.4 is 11.2 Å². The van der Waals surface area contributed by atoms with Crippen LogP contribution in [0.2, 0.25) is 0 Å². The van der Waals surface area contributed by atoms with Crippen LogP contribution >= 0.6 is 0 Å². The van der Waals surface area contributed by atoms with E-state index in [9.17, 15) is 9.59 Å². The van der Waals surface area contributed by atoms with Gasteiger partial charge in [0.15, 0.2) is 0 Å². The molecule has 0 saturated heterocycles. The Bertz CT molecular complexity index is 426. The number of hydrogen-bond donors (Lipinski definition) is 1. The first-order valence-corrected chi connectivity index (χ1v) is 4.11. The molecule has 13 heavy (non-hydrogen) atoms. The predicted molar refractivity (Wildman–Crippen MR) is 51.6 cm³/mol. The number of aromatic nitrogens is 2. The van der Waals surface area contributed by atoms with Crippen LogP contribution in [0.5, 0.6) is 0 Å². The van der Waals surface area contributed by atoms with Gasteiger partial charge in [0.2, 0.25) is 0 Å². The van der Waals surface area contributed by atoms with Gasteiger partial charge >= 0.3 is 5.69 Å². The van der Waals surface area contributed by atoms with Crippen LogP contribution in [0.3, 0.4) is 0 Å². The second kappa shape index (κ2) is 3.89. The number of nitrogens with zero attached hydrogens (tertiary/aromatic N) is 1. The summed E-state index contributed by atoms with van der Waals surface area (Å²) < 4.78 is 1.34. The highest BCUT2D eigenvalue weighted by Gasteiger charge is 1.97. The molecule has 0 aliphatic rings.